The molecule has 0 bridgehead atoms. The third-order valence-electron chi connectivity index (χ3n) is 1.75. The highest BCUT2D eigenvalue weighted by atomic mass is 32.2. The minimum atomic E-state index is -4.29. The number of rotatable bonds is 3. The van der Waals surface area contributed by atoms with Gasteiger partial charge in [0.1, 0.15) is 5.82 Å². The topological polar surface area (TPSA) is 108 Å². The fraction of sp³-hybridized carbons (Fsp3) is 0.111. The van der Waals surface area contributed by atoms with Gasteiger partial charge < -0.3 is 4.74 Å². The molecule has 0 unspecified atom stereocenters. The van der Waals surface area contributed by atoms with Crippen LogP contribution in [0.1, 0.15) is 5.56 Å². The molecule has 0 saturated heterocycles. The molecule has 0 aliphatic carbocycles. The Balaban J connectivity index is 2.92. The highest BCUT2D eigenvalue weighted by Crippen LogP contribution is 2.16. The summed E-state index contributed by atoms with van der Waals surface area (Å²) in [6.45, 7) is 0. The third-order valence-corrected chi connectivity index (χ3v) is 2.67. The van der Waals surface area contributed by atoms with Crippen molar-refractivity contribution in [3.63, 3.8) is 0 Å². The summed E-state index contributed by atoms with van der Waals surface area (Å²) in [5, 5.41) is 8.51. The lowest BCUT2D eigenvalue weighted by molar-refractivity contribution is 0.177. The zero-order valence-electron chi connectivity index (χ0n) is 9.10. The molecule has 7 nitrogen and oxygen atoms in total. The van der Waals surface area contributed by atoms with Crippen LogP contribution in [0.4, 0.5) is 14.9 Å². The normalized spacial score (nSPS) is 10.3. The summed E-state index contributed by atoms with van der Waals surface area (Å²) in [6, 6.07) is 4.83. The van der Waals surface area contributed by atoms with Crippen molar-refractivity contribution in [3.05, 3.63) is 29.6 Å². The number of anilines is 1. The Bertz CT molecular complexity index is 609. The number of nitriles is 1. The molecular formula is C9H8FN3O4S. The Morgan fingerprint density at radius 2 is 2.17 bits per heavy atom. The Kier molecular flexibility index (Phi) is 4.06. The molecular weight excluding hydrogens is 265 g/mol. The zero-order chi connectivity index (χ0) is 13.8. The molecule has 2 N–H and O–H groups in total. The first kappa shape index (κ1) is 13.7. The molecule has 1 amide bonds. The predicted molar refractivity (Wildman–Crippen MR) is 59.2 cm³/mol. The first-order valence-corrected chi connectivity index (χ1v) is 5.94. The standard InChI is InChI=1S/C9H8FN3O4S/c1-17-9(14)13-18(15,16)12-8-3-2-6(5-11)4-7(8)10/h2-4,12H,1H3,(H,13,14). The average Bonchev–Trinajstić information content (AvgIpc) is 2.30. The van der Waals surface area contributed by atoms with Gasteiger partial charge in [0.05, 0.1) is 24.4 Å². The summed E-state index contributed by atoms with van der Waals surface area (Å²) in [6.07, 6.45) is -1.21. The monoisotopic (exact) mass is 273 g/mol. The number of methoxy groups -OCH3 is 1. The highest BCUT2D eigenvalue weighted by molar-refractivity contribution is 7.91. The smallest absolute Gasteiger partial charge is 0.422 e. The number of hydrogen-bond donors (Lipinski definition) is 2. The molecule has 9 heteroatoms. The Morgan fingerprint density at radius 3 is 2.67 bits per heavy atom. The van der Waals surface area contributed by atoms with E-state index in [1.165, 1.54) is 10.8 Å². The highest BCUT2D eigenvalue weighted by Gasteiger charge is 2.16. The van der Waals surface area contributed by atoms with E-state index in [1.54, 1.807) is 10.8 Å². The summed E-state index contributed by atoms with van der Waals surface area (Å²) in [5.41, 5.74) is -0.359. The van der Waals surface area contributed by atoms with Gasteiger partial charge in [-0.25, -0.2) is 13.9 Å². The first-order valence-electron chi connectivity index (χ1n) is 4.46. The number of carbonyl (C=O) groups excluding carboxylic acids is 1. The number of nitrogens with zero attached hydrogens (tertiary/aromatic N) is 1. The number of carbonyl (C=O) groups is 1. The minimum absolute atomic E-state index is 0.0383. The molecule has 0 saturated carbocycles. The van der Waals surface area contributed by atoms with Crippen LogP contribution in [0.15, 0.2) is 18.2 Å². The summed E-state index contributed by atoms with van der Waals surface area (Å²) in [4.78, 5) is 10.7. The molecule has 0 radical (unpaired) electrons. The van der Waals surface area contributed by atoms with Gasteiger partial charge >= 0.3 is 16.3 Å². The van der Waals surface area contributed by atoms with Gasteiger partial charge in [0.25, 0.3) is 0 Å². The maximum Gasteiger partial charge on any atom is 0.422 e. The molecule has 0 aliphatic rings. The summed E-state index contributed by atoms with van der Waals surface area (Å²) >= 11 is 0. The fourth-order valence-corrected chi connectivity index (χ4v) is 1.80. The van der Waals surface area contributed by atoms with Crippen LogP contribution in [0.2, 0.25) is 0 Å². The van der Waals surface area contributed by atoms with Crippen LogP contribution in [-0.2, 0) is 14.9 Å². The summed E-state index contributed by atoms with van der Waals surface area (Å²) in [5.74, 6) is -0.940. The lowest BCUT2D eigenvalue weighted by atomic mass is 10.2. The molecule has 0 heterocycles. The molecule has 0 aliphatic heterocycles. The maximum atomic E-state index is 13.4. The zero-order valence-corrected chi connectivity index (χ0v) is 9.91. The van der Waals surface area contributed by atoms with Crippen molar-refractivity contribution < 1.29 is 22.3 Å². The van der Waals surface area contributed by atoms with Crippen LogP contribution in [0.25, 0.3) is 0 Å². The van der Waals surface area contributed by atoms with Gasteiger partial charge in [-0.1, -0.05) is 0 Å². The second-order valence-electron chi connectivity index (χ2n) is 3.01. The van der Waals surface area contributed by atoms with Crippen molar-refractivity contribution in [1.82, 2.24) is 4.72 Å². The van der Waals surface area contributed by atoms with Gasteiger partial charge in [-0.2, -0.15) is 13.7 Å². The van der Waals surface area contributed by atoms with E-state index in [1.807, 2.05) is 0 Å². The van der Waals surface area contributed by atoms with Gasteiger partial charge in [-0.15, -0.1) is 0 Å². The van der Waals surface area contributed by atoms with Crippen molar-refractivity contribution in [2.45, 2.75) is 0 Å². The van der Waals surface area contributed by atoms with Crippen LogP contribution in [-0.4, -0.2) is 21.6 Å². The molecule has 1 aromatic rings. The first-order chi connectivity index (χ1) is 8.38. The van der Waals surface area contributed by atoms with E-state index in [0.717, 1.165) is 19.2 Å². The van der Waals surface area contributed by atoms with Gasteiger partial charge in [-0.05, 0) is 18.2 Å². The van der Waals surface area contributed by atoms with Gasteiger partial charge in [0.2, 0.25) is 0 Å². The van der Waals surface area contributed by atoms with Crippen LogP contribution < -0.4 is 9.44 Å². The Hall–Kier alpha value is -2.34. The predicted octanol–water partition coefficient (Wildman–Crippen LogP) is 0.710. The van der Waals surface area contributed by atoms with Crippen LogP contribution in [0.5, 0.6) is 0 Å². The van der Waals surface area contributed by atoms with Crippen molar-refractivity contribution in [1.29, 1.82) is 5.26 Å². The number of nitrogens with one attached hydrogen (secondary N) is 2. The lowest BCUT2D eigenvalue weighted by Crippen LogP contribution is -2.35. The summed E-state index contributed by atoms with van der Waals surface area (Å²) in [7, 11) is -3.31. The van der Waals surface area contributed by atoms with Crippen molar-refractivity contribution in [2.75, 3.05) is 11.8 Å². The Labute approximate surface area is 102 Å². The minimum Gasteiger partial charge on any atom is -0.452 e. The maximum absolute atomic E-state index is 13.4. The molecule has 0 aromatic heterocycles. The molecule has 96 valence electrons. The SMILES string of the molecule is COC(=O)NS(=O)(=O)Nc1ccc(C#N)cc1F. The Morgan fingerprint density at radius 1 is 1.50 bits per heavy atom. The molecule has 18 heavy (non-hydrogen) atoms. The fourth-order valence-electron chi connectivity index (χ4n) is 0.989. The molecule has 1 aromatic carbocycles. The number of benzene rings is 1. The number of hydrogen-bond acceptors (Lipinski definition) is 5. The van der Waals surface area contributed by atoms with Crippen LogP contribution in [0, 0.1) is 17.1 Å². The van der Waals surface area contributed by atoms with Crippen molar-refractivity contribution >= 4 is 22.0 Å². The molecule has 0 spiro atoms. The van der Waals surface area contributed by atoms with Crippen molar-refractivity contribution in [2.24, 2.45) is 0 Å². The second-order valence-corrected chi connectivity index (χ2v) is 4.42. The molecule has 1 rings (SSSR count). The van der Waals surface area contributed by atoms with E-state index < -0.39 is 27.8 Å². The van der Waals surface area contributed by atoms with Crippen LogP contribution >= 0.6 is 0 Å². The van der Waals surface area contributed by atoms with E-state index in [2.05, 4.69) is 4.74 Å². The number of ether oxygens (including phenoxy) is 1. The number of halogens is 1. The number of amides is 1. The quantitative estimate of drug-likeness (QED) is 0.843. The lowest BCUT2D eigenvalue weighted by Gasteiger charge is -2.09. The largest absolute Gasteiger partial charge is 0.452 e. The van der Waals surface area contributed by atoms with E-state index in [4.69, 9.17) is 5.26 Å². The van der Waals surface area contributed by atoms with E-state index in [-0.39, 0.29) is 5.56 Å². The summed E-state index contributed by atoms with van der Waals surface area (Å²) < 4.78 is 43.3. The molecule has 0 atom stereocenters. The second kappa shape index (κ2) is 5.33. The van der Waals surface area contributed by atoms with Gasteiger partial charge in [0, 0.05) is 0 Å². The van der Waals surface area contributed by atoms with E-state index in [9.17, 15) is 17.6 Å². The molecule has 0 fully saturated rings. The van der Waals surface area contributed by atoms with E-state index >= 15 is 0 Å². The van der Waals surface area contributed by atoms with E-state index in [0.29, 0.717) is 0 Å². The van der Waals surface area contributed by atoms with Gasteiger partial charge in [-0.3, -0.25) is 4.72 Å². The van der Waals surface area contributed by atoms with Crippen LogP contribution in [0.3, 0.4) is 0 Å². The average molecular weight is 273 g/mol. The van der Waals surface area contributed by atoms with Crippen molar-refractivity contribution in [3.8, 4) is 6.07 Å². The third kappa shape index (κ3) is 3.60. The van der Waals surface area contributed by atoms with Gasteiger partial charge in [0.15, 0.2) is 0 Å².